The van der Waals surface area contributed by atoms with Crippen LogP contribution in [0.1, 0.15) is 38.7 Å². The van der Waals surface area contributed by atoms with Crippen molar-refractivity contribution in [2.45, 2.75) is 33.1 Å². The van der Waals surface area contributed by atoms with Crippen molar-refractivity contribution >= 4 is 41.0 Å². The second-order valence-corrected chi connectivity index (χ2v) is 7.61. The molecule has 9 nitrogen and oxygen atoms in total. The molecule has 11 heteroatoms. The number of amidine groups is 1. The van der Waals surface area contributed by atoms with Crippen molar-refractivity contribution < 1.29 is 28.6 Å². The summed E-state index contributed by atoms with van der Waals surface area (Å²) in [6.45, 7) is 5.15. The van der Waals surface area contributed by atoms with Gasteiger partial charge in [0.05, 0.1) is 4.91 Å². The van der Waals surface area contributed by atoms with Crippen LogP contribution < -0.4 is 15.5 Å². The van der Waals surface area contributed by atoms with Gasteiger partial charge in [-0.3, -0.25) is 14.6 Å². The van der Waals surface area contributed by atoms with Crippen molar-refractivity contribution in [2.24, 2.45) is 4.99 Å². The Labute approximate surface area is 183 Å². The predicted molar refractivity (Wildman–Crippen MR) is 116 cm³/mol. The first-order valence-electron chi connectivity index (χ1n) is 9.84. The number of rotatable bonds is 4. The Bertz CT molecular complexity index is 884. The lowest BCUT2D eigenvalue weighted by atomic mass is 10.2. The number of hydrogen-bond donors (Lipinski definition) is 3. The molecule has 31 heavy (non-hydrogen) atoms. The molecular formula is C20H25FN4O5S. The van der Waals surface area contributed by atoms with Gasteiger partial charge in [0.25, 0.3) is 5.91 Å². The molecule has 3 rings (SSSR count). The van der Waals surface area contributed by atoms with Gasteiger partial charge in [0, 0.05) is 24.7 Å². The maximum Gasteiger partial charge on any atom is 0.413 e. The van der Waals surface area contributed by atoms with E-state index in [9.17, 15) is 18.8 Å². The number of hydrazine groups is 1. The summed E-state index contributed by atoms with van der Waals surface area (Å²) in [6.07, 6.45) is 3.69. The smallest absolute Gasteiger partial charge is 0.413 e. The van der Waals surface area contributed by atoms with E-state index in [1.807, 2.05) is 10.3 Å². The number of carboxylic acid groups (broad SMARTS) is 1. The van der Waals surface area contributed by atoms with Crippen molar-refractivity contribution in [3.8, 4) is 5.75 Å². The van der Waals surface area contributed by atoms with Crippen LogP contribution in [0.2, 0.25) is 0 Å². The van der Waals surface area contributed by atoms with Crippen LogP contribution in [0, 0.1) is 5.82 Å². The minimum atomic E-state index is -1.25. The molecule has 1 saturated heterocycles. The highest BCUT2D eigenvalue weighted by Gasteiger charge is 2.27. The molecule has 0 bridgehead atoms. The Hall–Kier alpha value is -2.92. The summed E-state index contributed by atoms with van der Waals surface area (Å²) < 4.78 is 18.6. The fourth-order valence-electron chi connectivity index (χ4n) is 2.51. The zero-order valence-electron chi connectivity index (χ0n) is 17.3. The molecule has 2 aliphatic rings. The molecule has 0 spiro atoms. The standard InChI is InChI=1S/C17H17FN4O5S.C3H8/c18-11-4-3-10(12(8-11)27-17(26)19-9-14(23)24)7-13-15(25)21-16(28-13)22-6-2-1-5-20-22;1-3-2/h3-4,7-8,20H,1-2,5-6,9H2,(H,19,26)(H,23,24);3H2,1-2H3/b13-7+;. The van der Waals surface area contributed by atoms with E-state index >= 15 is 0 Å². The topological polar surface area (TPSA) is 120 Å². The van der Waals surface area contributed by atoms with Crippen molar-refractivity contribution in [1.82, 2.24) is 15.8 Å². The quantitative estimate of drug-likeness (QED) is 0.597. The lowest BCUT2D eigenvalue weighted by Gasteiger charge is -2.28. The zero-order chi connectivity index (χ0) is 22.8. The Balaban J connectivity index is 0.00000107. The summed E-state index contributed by atoms with van der Waals surface area (Å²) >= 11 is 1.16. The first kappa shape index (κ1) is 24.4. The third-order valence-electron chi connectivity index (χ3n) is 3.80. The Morgan fingerprint density at radius 1 is 1.39 bits per heavy atom. The maximum absolute atomic E-state index is 13.6. The second kappa shape index (κ2) is 12.1. The van der Waals surface area contributed by atoms with E-state index in [1.54, 1.807) is 0 Å². The van der Waals surface area contributed by atoms with E-state index in [1.165, 1.54) is 18.6 Å². The normalized spacial score (nSPS) is 17.0. The molecule has 2 aliphatic heterocycles. The van der Waals surface area contributed by atoms with Crippen LogP contribution in [0.3, 0.4) is 0 Å². The monoisotopic (exact) mass is 452 g/mol. The zero-order valence-corrected chi connectivity index (χ0v) is 18.1. The molecule has 2 heterocycles. The Morgan fingerprint density at radius 3 is 2.77 bits per heavy atom. The van der Waals surface area contributed by atoms with Crippen LogP contribution in [-0.4, -0.2) is 52.9 Å². The SMILES string of the molecule is CCC.O=C(O)CNC(=O)Oc1cc(F)ccc1/C=C1/SC(N2CCCCN2)=NC1=O. The van der Waals surface area contributed by atoms with Crippen LogP contribution in [0.5, 0.6) is 5.75 Å². The summed E-state index contributed by atoms with van der Waals surface area (Å²) in [5, 5.41) is 12.9. The van der Waals surface area contributed by atoms with Gasteiger partial charge in [-0.15, -0.1) is 0 Å². The van der Waals surface area contributed by atoms with E-state index in [-0.39, 0.29) is 11.3 Å². The summed E-state index contributed by atoms with van der Waals surface area (Å²) in [7, 11) is 0. The summed E-state index contributed by atoms with van der Waals surface area (Å²) in [5.74, 6) is -2.49. The van der Waals surface area contributed by atoms with E-state index in [4.69, 9.17) is 9.84 Å². The molecule has 1 fully saturated rings. The molecule has 168 valence electrons. The molecule has 0 atom stereocenters. The Kier molecular flexibility index (Phi) is 9.47. The minimum Gasteiger partial charge on any atom is -0.480 e. The number of hydrogen-bond acceptors (Lipinski definition) is 7. The number of carbonyl (C=O) groups excluding carboxylic acids is 2. The third kappa shape index (κ3) is 7.68. The number of aliphatic imine (C=N–C) groups is 1. The number of ether oxygens (including phenoxy) is 1. The van der Waals surface area contributed by atoms with Crippen LogP contribution in [0.15, 0.2) is 28.1 Å². The second-order valence-electron chi connectivity index (χ2n) is 6.60. The van der Waals surface area contributed by atoms with E-state index in [0.717, 1.165) is 49.8 Å². The van der Waals surface area contributed by atoms with Gasteiger partial charge in [0.15, 0.2) is 5.17 Å². The first-order valence-corrected chi connectivity index (χ1v) is 10.7. The predicted octanol–water partition coefficient (Wildman–Crippen LogP) is 2.99. The maximum atomic E-state index is 13.6. The number of benzene rings is 1. The number of aliphatic carboxylic acids is 1. The molecule has 1 aromatic rings. The molecule has 0 aromatic heterocycles. The van der Waals surface area contributed by atoms with Gasteiger partial charge in [0.2, 0.25) is 0 Å². The molecule has 3 N–H and O–H groups in total. The van der Waals surface area contributed by atoms with Gasteiger partial charge in [-0.2, -0.15) is 4.99 Å². The lowest BCUT2D eigenvalue weighted by Crippen LogP contribution is -2.45. The van der Waals surface area contributed by atoms with Gasteiger partial charge >= 0.3 is 12.1 Å². The number of carbonyl (C=O) groups is 3. The molecule has 1 aromatic carbocycles. The fraction of sp³-hybridized carbons (Fsp3) is 0.400. The van der Waals surface area contributed by atoms with E-state index < -0.39 is 30.3 Å². The van der Waals surface area contributed by atoms with Gasteiger partial charge in [0.1, 0.15) is 18.1 Å². The number of amides is 2. The van der Waals surface area contributed by atoms with Gasteiger partial charge < -0.3 is 15.2 Å². The summed E-state index contributed by atoms with van der Waals surface area (Å²) in [5.41, 5.74) is 3.44. The van der Waals surface area contributed by atoms with Crippen LogP contribution >= 0.6 is 11.8 Å². The van der Waals surface area contributed by atoms with Crippen LogP contribution in [0.25, 0.3) is 6.08 Å². The van der Waals surface area contributed by atoms with Gasteiger partial charge in [-0.05, 0) is 42.8 Å². The number of nitrogens with zero attached hydrogens (tertiary/aromatic N) is 2. The minimum absolute atomic E-state index is 0.145. The Morgan fingerprint density at radius 2 is 2.13 bits per heavy atom. The highest BCUT2D eigenvalue weighted by atomic mass is 32.2. The van der Waals surface area contributed by atoms with Gasteiger partial charge in [-0.25, -0.2) is 14.6 Å². The fourth-order valence-corrected chi connectivity index (χ4v) is 3.42. The van der Waals surface area contributed by atoms with Crippen molar-refractivity contribution in [3.05, 3.63) is 34.5 Å². The highest BCUT2D eigenvalue weighted by molar-refractivity contribution is 8.18. The molecule has 0 radical (unpaired) electrons. The van der Waals surface area contributed by atoms with E-state index in [0.29, 0.717) is 10.1 Å². The summed E-state index contributed by atoms with van der Waals surface area (Å²) in [4.78, 5) is 38.7. The summed E-state index contributed by atoms with van der Waals surface area (Å²) in [6, 6.07) is 3.49. The molecular weight excluding hydrogens is 427 g/mol. The molecule has 0 aliphatic carbocycles. The first-order chi connectivity index (χ1) is 14.8. The average molecular weight is 453 g/mol. The number of nitrogens with one attached hydrogen (secondary N) is 2. The average Bonchev–Trinajstić information content (AvgIpc) is 3.10. The molecule has 0 unspecified atom stereocenters. The largest absolute Gasteiger partial charge is 0.480 e. The van der Waals surface area contributed by atoms with E-state index in [2.05, 4.69) is 24.3 Å². The van der Waals surface area contributed by atoms with Gasteiger partial charge in [-0.1, -0.05) is 20.3 Å². The van der Waals surface area contributed by atoms with Crippen LogP contribution in [-0.2, 0) is 9.59 Å². The van der Waals surface area contributed by atoms with Crippen LogP contribution in [0.4, 0.5) is 9.18 Å². The number of thioether (sulfide) groups is 1. The van der Waals surface area contributed by atoms with Crippen molar-refractivity contribution in [3.63, 3.8) is 0 Å². The lowest BCUT2D eigenvalue weighted by molar-refractivity contribution is -0.135. The highest BCUT2D eigenvalue weighted by Crippen LogP contribution is 2.32. The van der Waals surface area contributed by atoms with Crippen molar-refractivity contribution in [2.75, 3.05) is 19.6 Å². The molecule has 0 saturated carbocycles. The number of carboxylic acids is 1. The molecule has 2 amide bonds. The van der Waals surface area contributed by atoms with Crippen molar-refractivity contribution in [1.29, 1.82) is 0 Å². The number of halogens is 1. The third-order valence-corrected chi connectivity index (χ3v) is 4.81.